The van der Waals surface area contributed by atoms with Crippen LogP contribution in [0, 0.1) is 0 Å². The van der Waals surface area contributed by atoms with Crippen molar-refractivity contribution in [2.75, 3.05) is 0 Å². The Morgan fingerprint density at radius 1 is 1.33 bits per heavy atom. The summed E-state index contributed by atoms with van der Waals surface area (Å²) in [6.45, 7) is 9.10. The molecule has 0 aromatic carbocycles. The lowest BCUT2D eigenvalue weighted by atomic mass is 9.93. The molecule has 0 saturated carbocycles. The summed E-state index contributed by atoms with van der Waals surface area (Å²) in [5.74, 6) is 0. The van der Waals surface area contributed by atoms with Crippen LogP contribution in [0.3, 0.4) is 0 Å². The zero-order chi connectivity index (χ0) is 11.3. The average Bonchev–Trinajstić information content (AvgIpc) is 2.79. The summed E-state index contributed by atoms with van der Waals surface area (Å²) in [5, 5.41) is 5.95. The molecule has 1 N–H and O–H groups in total. The van der Waals surface area contributed by atoms with Crippen molar-refractivity contribution in [3.63, 3.8) is 0 Å². The molecule has 0 fully saturated rings. The standard InChI is InChI=1S/C13H23NS/c1-5-11(12-9-8-10-15-12)14-13(4,6-2)7-3/h8-11,14H,5-7H2,1-4H3. The van der Waals surface area contributed by atoms with Gasteiger partial charge in [0, 0.05) is 16.5 Å². The third kappa shape index (κ3) is 3.32. The SMILES string of the molecule is CCC(NC(C)(CC)CC)c1cccs1. The Bertz CT molecular complexity index is 262. The number of nitrogens with one attached hydrogen (secondary N) is 1. The van der Waals surface area contributed by atoms with Crippen LogP contribution in [-0.2, 0) is 0 Å². The first-order valence-corrected chi connectivity index (χ1v) is 6.84. The third-order valence-electron chi connectivity index (χ3n) is 3.38. The Labute approximate surface area is 97.9 Å². The minimum atomic E-state index is 0.282. The second-order valence-electron chi connectivity index (χ2n) is 4.39. The van der Waals surface area contributed by atoms with Gasteiger partial charge in [-0.3, -0.25) is 0 Å². The molecule has 0 saturated heterocycles. The van der Waals surface area contributed by atoms with Gasteiger partial charge in [0.05, 0.1) is 0 Å². The van der Waals surface area contributed by atoms with E-state index < -0.39 is 0 Å². The van der Waals surface area contributed by atoms with E-state index in [1.54, 1.807) is 0 Å². The fourth-order valence-corrected chi connectivity index (χ4v) is 2.60. The van der Waals surface area contributed by atoms with Crippen LogP contribution in [0.1, 0.15) is 57.9 Å². The van der Waals surface area contributed by atoms with Gasteiger partial charge in [0.1, 0.15) is 0 Å². The van der Waals surface area contributed by atoms with E-state index in [1.165, 1.54) is 17.7 Å². The number of thiophene rings is 1. The first-order valence-electron chi connectivity index (χ1n) is 5.96. The van der Waals surface area contributed by atoms with Gasteiger partial charge in [-0.25, -0.2) is 0 Å². The van der Waals surface area contributed by atoms with Crippen LogP contribution in [-0.4, -0.2) is 5.54 Å². The van der Waals surface area contributed by atoms with Gasteiger partial charge in [-0.2, -0.15) is 0 Å². The zero-order valence-corrected chi connectivity index (χ0v) is 11.2. The maximum atomic E-state index is 3.79. The maximum absolute atomic E-state index is 3.79. The van der Waals surface area contributed by atoms with Crippen molar-refractivity contribution in [2.45, 2.75) is 58.5 Å². The van der Waals surface area contributed by atoms with Gasteiger partial charge in [-0.15, -0.1) is 11.3 Å². The highest BCUT2D eigenvalue weighted by atomic mass is 32.1. The van der Waals surface area contributed by atoms with Crippen molar-refractivity contribution in [2.24, 2.45) is 0 Å². The van der Waals surface area contributed by atoms with Gasteiger partial charge in [-0.05, 0) is 37.6 Å². The zero-order valence-electron chi connectivity index (χ0n) is 10.3. The van der Waals surface area contributed by atoms with Crippen molar-refractivity contribution in [1.82, 2.24) is 5.32 Å². The monoisotopic (exact) mass is 225 g/mol. The summed E-state index contributed by atoms with van der Waals surface area (Å²) >= 11 is 1.85. The van der Waals surface area contributed by atoms with Gasteiger partial charge in [0.2, 0.25) is 0 Å². The van der Waals surface area contributed by atoms with Gasteiger partial charge >= 0.3 is 0 Å². The molecule has 0 amide bonds. The van der Waals surface area contributed by atoms with E-state index >= 15 is 0 Å². The lowest BCUT2D eigenvalue weighted by Gasteiger charge is -2.33. The van der Waals surface area contributed by atoms with Crippen LogP contribution >= 0.6 is 11.3 Å². The minimum Gasteiger partial charge on any atom is -0.304 e. The summed E-state index contributed by atoms with van der Waals surface area (Å²) in [7, 11) is 0. The Morgan fingerprint density at radius 2 is 2.00 bits per heavy atom. The summed E-state index contributed by atoms with van der Waals surface area (Å²) in [6, 6.07) is 4.90. The molecule has 1 unspecified atom stereocenters. The van der Waals surface area contributed by atoms with E-state index in [0.717, 1.165) is 6.42 Å². The van der Waals surface area contributed by atoms with E-state index in [9.17, 15) is 0 Å². The van der Waals surface area contributed by atoms with Crippen LogP contribution in [0.15, 0.2) is 17.5 Å². The quantitative estimate of drug-likeness (QED) is 0.758. The first-order chi connectivity index (χ1) is 7.15. The molecule has 0 aliphatic rings. The molecule has 0 bridgehead atoms. The highest BCUT2D eigenvalue weighted by Crippen LogP contribution is 2.26. The molecular weight excluding hydrogens is 202 g/mol. The molecule has 15 heavy (non-hydrogen) atoms. The van der Waals surface area contributed by atoms with E-state index in [1.807, 2.05) is 11.3 Å². The Hall–Kier alpha value is -0.340. The van der Waals surface area contributed by atoms with Gasteiger partial charge in [-0.1, -0.05) is 26.8 Å². The molecule has 1 atom stereocenters. The lowest BCUT2D eigenvalue weighted by molar-refractivity contribution is 0.288. The Morgan fingerprint density at radius 3 is 2.40 bits per heavy atom. The molecule has 0 spiro atoms. The molecule has 1 heterocycles. The normalized spacial score (nSPS) is 14.1. The van der Waals surface area contributed by atoms with Gasteiger partial charge in [0.25, 0.3) is 0 Å². The van der Waals surface area contributed by atoms with E-state index in [0.29, 0.717) is 6.04 Å². The fraction of sp³-hybridized carbons (Fsp3) is 0.692. The van der Waals surface area contributed by atoms with Crippen LogP contribution in [0.4, 0.5) is 0 Å². The second kappa shape index (κ2) is 5.66. The molecule has 1 rings (SSSR count). The van der Waals surface area contributed by atoms with Gasteiger partial charge in [0.15, 0.2) is 0 Å². The highest BCUT2D eigenvalue weighted by molar-refractivity contribution is 7.10. The minimum absolute atomic E-state index is 0.282. The highest BCUT2D eigenvalue weighted by Gasteiger charge is 2.23. The molecule has 0 radical (unpaired) electrons. The third-order valence-corrected chi connectivity index (χ3v) is 4.36. The Kier molecular flexibility index (Phi) is 4.81. The topological polar surface area (TPSA) is 12.0 Å². The lowest BCUT2D eigenvalue weighted by Crippen LogP contribution is -2.43. The number of hydrogen-bond donors (Lipinski definition) is 1. The van der Waals surface area contributed by atoms with Crippen molar-refractivity contribution in [3.05, 3.63) is 22.4 Å². The van der Waals surface area contributed by atoms with Crippen LogP contribution in [0.25, 0.3) is 0 Å². The summed E-state index contributed by atoms with van der Waals surface area (Å²) in [6.07, 6.45) is 3.53. The van der Waals surface area contributed by atoms with Crippen molar-refractivity contribution >= 4 is 11.3 Å². The maximum Gasteiger partial charge on any atom is 0.0416 e. The van der Waals surface area contributed by atoms with Gasteiger partial charge < -0.3 is 5.32 Å². The number of rotatable bonds is 6. The van der Waals surface area contributed by atoms with Crippen molar-refractivity contribution in [3.8, 4) is 0 Å². The Balaban J connectivity index is 2.69. The first kappa shape index (κ1) is 12.7. The average molecular weight is 225 g/mol. The molecule has 86 valence electrons. The molecule has 1 aromatic heterocycles. The fourth-order valence-electron chi connectivity index (χ4n) is 1.74. The number of hydrogen-bond acceptors (Lipinski definition) is 2. The molecule has 1 nitrogen and oxygen atoms in total. The smallest absolute Gasteiger partial charge is 0.0416 e. The van der Waals surface area contributed by atoms with Crippen molar-refractivity contribution in [1.29, 1.82) is 0 Å². The van der Waals surface area contributed by atoms with Crippen LogP contribution < -0.4 is 5.32 Å². The second-order valence-corrected chi connectivity index (χ2v) is 5.37. The molecule has 1 aromatic rings. The summed E-state index contributed by atoms with van der Waals surface area (Å²) < 4.78 is 0. The predicted octanol–water partition coefficient (Wildman–Crippen LogP) is 4.37. The molecular formula is C13H23NS. The largest absolute Gasteiger partial charge is 0.304 e. The van der Waals surface area contributed by atoms with Crippen molar-refractivity contribution < 1.29 is 0 Å². The van der Waals surface area contributed by atoms with E-state index in [4.69, 9.17) is 0 Å². The van der Waals surface area contributed by atoms with E-state index in [-0.39, 0.29) is 5.54 Å². The van der Waals surface area contributed by atoms with Crippen LogP contribution in [0.5, 0.6) is 0 Å². The molecule has 0 aliphatic heterocycles. The summed E-state index contributed by atoms with van der Waals surface area (Å²) in [4.78, 5) is 1.46. The molecule has 0 aliphatic carbocycles. The predicted molar refractivity (Wildman–Crippen MR) is 69.5 cm³/mol. The van der Waals surface area contributed by atoms with E-state index in [2.05, 4.69) is 50.5 Å². The molecule has 2 heteroatoms. The summed E-state index contributed by atoms with van der Waals surface area (Å²) in [5.41, 5.74) is 0.282. The van der Waals surface area contributed by atoms with Crippen LogP contribution in [0.2, 0.25) is 0 Å².